The van der Waals surface area contributed by atoms with E-state index in [1.807, 2.05) is 0 Å². The lowest BCUT2D eigenvalue weighted by Gasteiger charge is -2.19. The van der Waals surface area contributed by atoms with Crippen molar-refractivity contribution in [3.8, 4) is 0 Å². The molecule has 0 aromatic heterocycles. The van der Waals surface area contributed by atoms with Crippen LogP contribution < -0.4 is 0 Å². The van der Waals surface area contributed by atoms with Crippen LogP contribution in [-0.2, 0) is 19.1 Å². The first kappa shape index (κ1) is 24.4. The van der Waals surface area contributed by atoms with Gasteiger partial charge in [-0.1, -0.05) is 32.3 Å². The number of allylic oxidation sites excluding steroid dienone is 2. The molecule has 1 fully saturated rings. The Bertz CT molecular complexity index is 559. The van der Waals surface area contributed by atoms with Crippen LogP contribution in [0.15, 0.2) is 12.2 Å². The second-order valence-corrected chi connectivity index (χ2v) is 7.49. The molecule has 0 unspecified atom stereocenters. The molecule has 3 atom stereocenters. The lowest BCUT2D eigenvalue weighted by atomic mass is 9.86. The van der Waals surface area contributed by atoms with Crippen LogP contribution >= 0.6 is 0 Å². The fraction of sp³-hybridized carbons (Fsp3) is 0.762. The zero-order chi connectivity index (χ0) is 21.2. The maximum Gasteiger partial charge on any atom is 0.309 e. The average Bonchev–Trinajstić information content (AvgIpc) is 2.90. The second-order valence-electron chi connectivity index (χ2n) is 7.49. The van der Waals surface area contributed by atoms with Crippen molar-refractivity contribution in [1.29, 1.82) is 0 Å². The Morgan fingerprint density at radius 2 is 1.93 bits per heavy atom. The third kappa shape index (κ3) is 7.78. The zero-order valence-electron chi connectivity index (χ0n) is 16.8. The minimum atomic E-state index is -3.36. The van der Waals surface area contributed by atoms with Crippen molar-refractivity contribution in [3.63, 3.8) is 0 Å². The van der Waals surface area contributed by atoms with Crippen molar-refractivity contribution in [2.24, 2.45) is 11.8 Å². The number of ether oxygens (including phenoxy) is 1. The van der Waals surface area contributed by atoms with Crippen LogP contribution in [0.5, 0.6) is 0 Å². The highest BCUT2D eigenvalue weighted by Gasteiger charge is 2.40. The molecule has 0 aliphatic heterocycles. The van der Waals surface area contributed by atoms with Crippen LogP contribution in [0.25, 0.3) is 0 Å². The number of hydrogen-bond donors (Lipinski definition) is 1. The number of Topliss-reactive ketones (excluding diaryl/α,β-unsaturated/α-hetero) is 1. The Hall–Kier alpha value is -1.63. The van der Waals surface area contributed by atoms with Gasteiger partial charge in [-0.3, -0.25) is 14.4 Å². The molecule has 0 spiro atoms. The third-order valence-electron chi connectivity index (χ3n) is 5.31. The molecule has 1 aliphatic carbocycles. The number of rotatable bonds is 13. The largest absolute Gasteiger partial charge is 0.469 e. The van der Waals surface area contributed by atoms with Crippen molar-refractivity contribution >= 4 is 17.5 Å². The van der Waals surface area contributed by atoms with Crippen LogP contribution in [0, 0.1) is 11.8 Å². The molecule has 160 valence electrons. The molecule has 5 nitrogen and oxygen atoms in total. The van der Waals surface area contributed by atoms with Gasteiger partial charge in [0.1, 0.15) is 5.78 Å². The zero-order valence-corrected chi connectivity index (χ0v) is 16.8. The van der Waals surface area contributed by atoms with Gasteiger partial charge in [-0.15, -0.1) is 0 Å². The molecule has 1 aliphatic rings. The number of carbonyl (C=O) groups excluding carboxylic acids is 3. The summed E-state index contributed by atoms with van der Waals surface area (Å²) in [6, 6.07) is 0. The molecule has 7 heteroatoms. The molecule has 0 bridgehead atoms. The molecule has 1 N–H and O–H groups in total. The number of esters is 1. The Labute approximate surface area is 165 Å². The Morgan fingerprint density at radius 3 is 2.57 bits per heavy atom. The average molecular weight is 402 g/mol. The number of aliphatic hydroxyl groups is 1. The van der Waals surface area contributed by atoms with Gasteiger partial charge >= 0.3 is 11.9 Å². The number of carbonyl (C=O) groups is 3. The summed E-state index contributed by atoms with van der Waals surface area (Å²) in [6.07, 6.45) is 5.71. The van der Waals surface area contributed by atoms with Crippen molar-refractivity contribution in [1.82, 2.24) is 0 Å². The highest BCUT2D eigenvalue weighted by molar-refractivity contribution is 5.95. The van der Waals surface area contributed by atoms with E-state index in [-0.39, 0.29) is 42.9 Å². The minimum Gasteiger partial charge on any atom is -0.469 e. The van der Waals surface area contributed by atoms with Crippen molar-refractivity contribution in [2.45, 2.75) is 83.2 Å². The molecule has 0 aromatic rings. The quantitative estimate of drug-likeness (QED) is 0.286. The first-order valence-corrected chi connectivity index (χ1v) is 10.1. The van der Waals surface area contributed by atoms with E-state index < -0.39 is 24.2 Å². The summed E-state index contributed by atoms with van der Waals surface area (Å²) < 4.78 is 31.7. The van der Waals surface area contributed by atoms with E-state index >= 15 is 0 Å². The second kappa shape index (κ2) is 12.0. The number of unbranched alkanes of at least 4 members (excludes halogenated alkanes) is 3. The first-order chi connectivity index (χ1) is 13.2. The fourth-order valence-electron chi connectivity index (χ4n) is 3.69. The Balaban J connectivity index is 2.46. The van der Waals surface area contributed by atoms with Crippen LogP contribution in [0.3, 0.4) is 0 Å². The topological polar surface area (TPSA) is 80.7 Å². The predicted octanol–water partition coefficient (Wildman–Crippen LogP) is 4.02. The normalized spacial score (nSPS) is 22.8. The first-order valence-electron chi connectivity index (χ1n) is 10.1. The van der Waals surface area contributed by atoms with E-state index in [1.54, 1.807) is 6.92 Å². The van der Waals surface area contributed by atoms with Crippen LogP contribution in [0.1, 0.15) is 71.1 Å². The number of alkyl halides is 2. The summed E-state index contributed by atoms with van der Waals surface area (Å²) in [4.78, 5) is 34.8. The van der Waals surface area contributed by atoms with E-state index in [2.05, 4.69) is 4.74 Å². The van der Waals surface area contributed by atoms with Gasteiger partial charge in [0, 0.05) is 25.2 Å². The molecule has 0 saturated heterocycles. The summed E-state index contributed by atoms with van der Waals surface area (Å²) >= 11 is 0. The van der Waals surface area contributed by atoms with E-state index in [0.29, 0.717) is 12.8 Å². The highest BCUT2D eigenvalue weighted by atomic mass is 19.3. The number of aliphatic hydroxyl groups excluding tert-OH is 1. The number of methoxy groups -OCH3 is 1. The molecule has 28 heavy (non-hydrogen) atoms. The summed E-state index contributed by atoms with van der Waals surface area (Å²) in [5.41, 5.74) is 0. The van der Waals surface area contributed by atoms with Crippen LogP contribution in [-0.4, -0.2) is 41.8 Å². The molecular weight excluding hydrogens is 370 g/mol. The summed E-state index contributed by atoms with van der Waals surface area (Å²) in [5.74, 6) is -5.49. The van der Waals surface area contributed by atoms with Gasteiger partial charge in [0.15, 0.2) is 0 Å². The summed E-state index contributed by atoms with van der Waals surface area (Å²) in [7, 11) is 1.35. The van der Waals surface area contributed by atoms with Crippen LogP contribution in [0.4, 0.5) is 8.78 Å². The monoisotopic (exact) mass is 402 g/mol. The van der Waals surface area contributed by atoms with Crippen molar-refractivity contribution in [2.75, 3.05) is 7.11 Å². The van der Waals surface area contributed by atoms with Gasteiger partial charge in [-0.25, -0.2) is 0 Å². The number of hydrogen-bond acceptors (Lipinski definition) is 5. The van der Waals surface area contributed by atoms with Gasteiger partial charge in [0.2, 0.25) is 5.78 Å². The molecular formula is C21H32F2O5. The van der Waals surface area contributed by atoms with E-state index in [1.165, 1.54) is 13.2 Å². The maximum atomic E-state index is 13.5. The van der Waals surface area contributed by atoms with E-state index in [0.717, 1.165) is 31.8 Å². The van der Waals surface area contributed by atoms with Gasteiger partial charge in [-0.2, -0.15) is 8.78 Å². The molecule has 1 rings (SSSR count). The standard InChI is InChI=1S/C21H32F2O5/c1-3-13-21(22,23)19(26)11-8-10-16-15(17(24)14-18(16)25)9-6-4-5-7-12-20(27)28-2/h8,11,15-16,18,25H,3-7,9-10,12-14H2,1-2H3/b11-8+/t15-,16-,18-/m1/s1. The lowest BCUT2D eigenvalue weighted by molar-refractivity contribution is -0.140. The lowest BCUT2D eigenvalue weighted by Crippen LogP contribution is -2.26. The van der Waals surface area contributed by atoms with Gasteiger partial charge in [0.25, 0.3) is 0 Å². The number of halogens is 2. The smallest absolute Gasteiger partial charge is 0.309 e. The van der Waals surface area contributed by atoms with Gasteiger partial charge < -0.3 is 9.84 Å². The predicted molar refractivity (Wildman–Crippen MR) is 101 cm³/mol. The Kier molecular flexibility index (Phi) is 10.5. The number of ketones is 2. The van der Waals surface area contributed by atoms with E-state index in [4.69, 9.17) is 0 Å². The van der Waals surface area contributed by atoms with Gasteiger partial charge in [-0.05, 0) is 37.7 Å². The molecule has 1 saturated carbocycles. The van der Waals surface area contributed by atoms with Crippen LogP contribution in [0.2, 0.25) is 0 Å². The molecule has 0 amide bonds. The summed E-state index contributed by atoms with van der Waals surface area (Å²) in [6.45, 7) is 1.59. The van der Waals surface area contributed by atoms with Crippen molar-refractivity contribution < 1.29 is 33.0 Å². The fourth-order valence-corrected chi connectivity index (χ4v) is 3.69. The molecule has 0 heterocycles. The van der Waals surface area contributed by atoms with Crippen molar-refractivity contribution in [3.05, 3.63) is 12.2 Å². The highest BCUT2D eigenvalue weighted by Crippen LogP contribution is 2.36. The minimum absolute atomic E-state index is 0.0110. The van der Waals surface area contributed by atoms with E-state index in [9.17, 15) is 28.3 Å². The summed E-state index contributed by atoms with van der Waals surface area (Å²) in [5, 5.41) is 10.1. The van der Waals surface area contributed by atoms with Gasteiger partial charge in [0.05, 0.1) is 13.2 Å². The molecule has 0 aromatic carbocycles. The maximum absolute atomic E-state index is 13.5. The Morgan fingerprint density at radius 1 is 1.25 bits per heavy atom. The SMILES string of the molecule is CCCC(F)(F)C(=O)/C=C/C[C@H]1[C@H](O)CC(=O)[C@@H]1CCCCCCC(=O)OC. The molecule has 0 radical (unpaired) electrons. The third-order valence-corrected chi connectivity index (χ3v) is 5.31.